The number of halogens is 1. The van der Waals surface area contributed by atoms with Gasteiger partial charge in [-0.15, -0.1) is 11.3 Å². The minimum absolute atomic E-state index is 0.188. The summed E-state index contributed by atoms with van der Waals surface area (Å²) in [5.41, 5.74) is 0. The molecule has 7 heteroatoms. The minimum Gasteiger partial charge on any atom is -0.338 e. The van der Waals surface area contributed by atoms with Crippen LogP contribution in [0.15, 0.2) is 15.9 Å². The number of hydrogen-bond donors (Lipinski definition) is 2. The molecule has 1 heterocycles. The van der Waals surface area contributed by atoms with Crippen molar-refractivity contribution in [2.45, 2.75) is 26.8 Å². The molecule has 0 radical (unpaired) electrons. The van der Waals surface area contributed by atoms with E-state index in [0.717, 1.165) is 10.2 Å². The average Bonchev–Trinajstić information content (AvgIpc) is 2.73. The van der Waals surface area contributed by atoms with Gasteiger partial charge in [-0.25, -0.2) is 4.79 Å². The van der Waals surface area contributed by atoms with Crippen molar-refractivity contribution in [2.24, 2.45) is 5.92 Å². The summed E-state index contributed by atoms with van der Waals surface area (Å²) in [6.45, 7) is 5.62. The first-order chi connectivity index (χ1) is 9.86. The van der Waals surface area contributed by atoms with E-state index in [0.29, 0.717) is 19.0 Å². The Bertz CT molecular complexity index is 477. The lowest BCUT2D eigenvalue weighted by molar-refractivity contribution is -0.120. The molecule has 1 aromatic heterocycles. The largest absolute Gasteiger partial charge is 0.338 e. The third-order valence-electron chi connectivity index (χ3n) is 2.73. The zero-order chi connectivity index (χ0) is 15.8. The number of likely N-dealkylation sites (N-methyl/N-ethyl adjacent to an activating group) is 1. The number of thiophene rings is 1. The highest BCUT2D eigenvalue weighted by atomic mass is 79.9. The van der Waals surface area contributed by atoms with Crippen LogP contribution in [-0.4, -0.2) is 37.0 Å². The molecule has 21 heavy (non-hydrogen) atoms. The number of urea groups is 1. The highest BCUT2D eigenvalue weighted by Crippen LogP contribution is 2.22. The third kappa shape index (κ3) is 8.18. The molecule has 0 bridgehead atoms. The van der Waals surface area contributed by atoms with Gasteiger partial charge in [0.25, 0.3) is 0 Å². The molecule has 2 N–H and O–H groups in total. The Kier molecular flexibility index (Phi) is 7.92. The number of amides is 3. The van der Waals surface area contributed by atoms with Crippen molar-refractivity contribution in [3.63, 3.8) is 0 Å². The molecular weight excluding hydrogens is 354 g/mol. The summed E-state index contributed by atoms with van der Waals surface area (Å²) >= 11 is 5.04. The number of imide groups is 1. The van der Waals surface area contributed by atoms with E-state index in [-0.39, 0.29) is 12.5 Å². The maximum atomic E-state index is 11.7. The molecule has 0 unspecified atom stereocenters. The molecule has 0 saturated heterocycles. The summed E-state index contributed by atoms with van der Waals surface area (Å²) in [7, 11) is 1.85. The van der Waals surface area contributed by atoms with Crippen molar-refractivity contribution in [1.82, 2.24) is 15.5 Å². The third-order valence-corrected chi connectivity index (χ3v) is 4.34. The lowest BCUT2D eigenvalue weighted by atomic mass is 10.1. The Hall–Kier alpha value is -0.920. The van der Waals surface area contributed by atoms with Crippen molar-refractivity contribution in [2.75, 3.05) is 20.1 Å². The van der Waals surface area contributed by atoms with Gasteiger partial charge in [-0.05, 0) is 47.4 Å². The molecule has 1 aromatic rings. The molecule has 0 fully saturated rings. The average molecular weight is 376 g/mol. The second kappa shape index (κ2) is 9.17. The first-order valence-electron chi connectivity index (χ1n) is 6.87. The van der Waals surface area contributed by atoms with E-state index in [2.05, 4.69) is 40.4 Å². The van der Waals surface area contributed by atoms with Crippen molar-refractivity contribution < 1.29 is 9.59 Å². The van der Waals surface area contributed by atoms with Crippen LogP contribution in [0.2, 0.25) is 0 Å². The molecule has 5 nitrogen and oxygen atoms in total. The van der Waals surface area contributed by atoms with Crippen LogP contribution in [-0.2, 0) is 11.3 Å². The Balaban J connectivity index is 2.24. The lowest BCUT2D eigenvalue weighted by Crippen LogP contribution is -2.44. The molecule has 0 aliphatic carbocycles. The van der Waals surface area contributed by atoms with Crippen molar-refractivity contribution >= 4 is 39.2 Å². The maximum Gasteiger partial charge on any atom is 0.321 e. The quantitative estimate of drug-likeness (QED) is 0.769. The van der Waals surface area contributed by atoms with Gasteiger partial charge in [0.15, 0.2) is 0 Å². The summed E-state index contributed by atoms with van der Waals surface area (Å²) < 4.78 is 1.07. The van der Waals surface area contributed by atoms with Gasteiger partial charge in [0, 0.05) is 18.0 Å². The Labute approximate surface area is 138 Å². The zero-order valence-corrected chi connectivity index (χ0v) is 15.0. The molecule has 0 atom stereocenters. The van der Waals surface area contributed by atoms with Gasteiger partial charge in [-0.3, -0.25) is 15.0 Å². The van der Waals surface area contributed by atoms with E-state index in [9.17, 15) is 9.59 Å². The predicted molar refractivity (Wildman–Crippen MR) is 89.3 cm³/mol. The molecule has 3 amide bonds. The van der Waals surface area contributed by atoms with Crippen LogP contribution in [0.1, 0.15) is 25.1 Å². The number of carbonyl (C=O) groups excluding carboxylic acids is 2. The monoisotopic (exact) mass is 375 g/mol. The van der Waals surface area contributed by atoms with E-state index in [1.54, 1.807) is 11.3 Å². The van der Waals surface area contributed by atoms with E-state index in [4.69, 9.17) is 0 Å². The van der Waals surface area contributed by atoms with Crippen LogP contribution >= 0.6 is 27.3 Å². The maximum absolute atomic E-state index is 11.7. The Morgan fingerprint density at radius 3 is 2.67 bits per heavy atom. The van der Waals surface area contributed by atoms with Crippen LogP contribution in [0.4, 0.5) is 4.79 Å². The standard InChI is InChI=1S/C14H22BrN3O2S/c1-10(2)6-7-16-14(20)17-13(19)9-18(3)8-11-4-5-12(15)21-11/h4-5,10H,6-9H2,1-3H3,(H2,16,17,19,20). The molecule has 0 spiro atoms. The number of hydrogen-bond acceptors (Lipinski definition) is 4. The molecule has 0 aromatic carbocycles. The zero-order valence-electron chi connectivity index (χ0n) is 12.6. The Morgan fingerprint density at radius 2 is 2.10 bits per heavy atom. The van der Waals surface area contributed by atoms with Crippen molar-refractivity contribution in [3.05, 3.63) is 20.8 Å². The second-order valence-electron chi connectivity index (χ2n) is 5.36. The van der Waals surface area contributed by atoms with Crippen molar-refractivity contribution in [3.8, 4) is 0 Å². The van der Waals surface area contributed by atoms with Gasteiger partial charge in [-0.1, -0.05) is 13.8 Å². The topological polar surface area (TPSA) is 61.4 Å². The predicted octanol–water partition coefficient (Wildman–Crippen LogP) is 2.81. The fraction of sp³-hybridized carbons (Fsp3) is 0.571. The van der Waals surface area contributed by atoms with Crippen LogP contribution in [0.3, 0.4) is 0 Å². The van der Waals surface area contributed by atoms with Crippen LogP contribution in [0, 0.1) is 5.92 Å². The molecule has 1 rings (SSSR count). The number of rotatable bonds is 7. The highest BCUT2D eigenvalue weighted by Gasteiger charge is 2.11. The smallest absolute Gasteiger partial charge is 0.321 e. The summed E-state index contributed by atoms with van der Waals surface area (Å²) in [5, 5.41) is 5.02. The number of nitrogens with zero attached hydrogens (tertiary/aromatic N) is 1. The molecule has 0 saturated carbocycles. The first kappa shape index (κ1) is 18.1. The SMILES string of the molecule is CC(C)CCNC(=O)NC(=O)CN(C)Cc1ccc(Br)s1. The Morgan fingerprint density at radius 1 is 1.38 bits per heavy atom. The van der Waals surface area contributed by atoms with Gasteiger partial charge in [0.2, 0.25) is 5.91 Å². The van der Waals surface area contributed by atoms with Gasteiger partial charge >= 0.3 is 6.03 Å². The fourth-order valence-electron chi connectivity index (χ4n) is 1.69. The normalized spacial score (nSPS) is 11.0. The van der Waals surface area contributed by atoms with Gasteiger partial charge in [-0.2, -0.15) is 0 Å². The summed E-state index contributed by atoms with van der Waals surface area (Å²) in [4.78, 5) is 26.3. The fourth-order valence-corrected chi connectivity index (χ4v) is 3.25. The van der Waals surface area contributed by atoms with E-state index >= 15 is 0 Å². The molecular formula is C14H22BrN3O2S. The van der Waals surface area contributed by atoms with Crippen molar-refractivity contribution in [1.29, 1.82) is 0 Å². The highest BCUT2D eigenvalue weighted by molar-refractivity contribution is 9.11. The van der Waals surface area contributed by atoms with Crippen LogP contribution in [0.25, 0.3) is 0 Å². The lowest BCUT2D eigenvalue weighted by Gasteiger charge is -2.15. The molecule has 0 aliphatic rings. The molecule has 0 aliphatic heterocycles. The van der Waals surface area contributed by atoms with Crippen LogP contribution in [0.5, 0.6) is 0 Å². The number of nitrogens with one attached hydrogen (secondary N) is 2. The van der Waals surface area contributed by atoms with E-state index in [1.165, 1.54) is 4.88 Å². The van der Waals surface area contributed by atoms with Gasteiger partial charge in [0.05, 0.1) is 10.3 Å². The first-order valence-corrected chi connectivity index (χ1v) is 8.48. The van der Waals surface area contributed by atoms with E-state index < -0.39 is 6.03 Å². The van der Waals surface area contributed by atoms with Crippen LogP contribution < -0.4 is 10.6 Å². The summed E-state index contributed by atoms with van der Waals surface area (Å²) in [5.74, 6) is 0.229. The molecule has 118 valence electrons. The van der Waals surface area contributed by atoms with E-state index in [1.807, 2.05) is 24.1 Å². The van der Waals surface area contributed by atoms with Gasteiger partial charge in [0.1, 0.15) is 0 Å². The summed E-state index contributed by atoms with van der Waals surface area (Å²) in [6, 6.07) is 3.57. The minimum atomic E-state index is -0.423. The second-order valence-corrected chi connectivity index (χ2v) is 7.91. The van der Waals surface area contributed by atoms with Gasteiger partial charge < -0.3 is 5.32 Å². The number of carbonyl (C=O) groups is 2. The summed E-state index contributed by atoms with van der Waals surface area (Å²) in [6.07, 6.45) is 0.898.